The molecule has 1 atom stereocenters. The topological polar surface area (TPSA) is 88.5 Å². The average molecular weight is 354 g/mol. The minimum Gasteiger partial charge on any atom is -0.382 e. The van der Waals surface area contributed by atoms with Crippen LogP contribution in [-0.2, 0) is 5.60 Å². The Hall–Kier alpha value is -2.74. The molecular formula is C18H22N6O2. The van der Waals surface area contributed by atoms with Crippen molar-refractivity contribution in [3.8, 4) is 0 Å². The molecule has 0 aliphatic carbocycles. The highest BCUT2D eigenvalue weighted by molar-refractivity contribution is 5.48. The smallest absolute Gasteiger partial charge is 0.259 e. The summed E-state index contributed by atoms with van der Waals surface area (Å²) < 4.78 is 3.25. The minimum atomic E-state index is -1.10. The molecule has 26 heavy (non-hydrogen) atoms. The van der Waals surface area contributed by atoms with Crippen LogP contribution in [0.1, 0.15) is 38.4 Å². The fourth-order valence-electron chi connectivity index (χ4n) is 3.39. The number of β-amino-alcohol motifs (C(OH)–C–C–N with tert-alkyl or cyclic N) is 1. The van der Waals surface area contributed by atoms with E-state index in [0.29, 0.717) is 30.1 Å². The van der Waals surface area contributed by atoms with E-state index in [9.17, 15) is 9.90 Å². The summed E-state index contributed by atoms with van der Waals surface area (Å²) >= 11 is 0. The van der Waals surface area contributed by atoms with Gasteiger partial charge in [0, 0.05) is 24.8 Å². The molecule has 1 unspecified atom stereocenters. The lowest BCUT2D eigenvalue weighted by Gasteiger charge is -2.38. The maximum Gasteiger partial charge on any atom is 0.259 e. The van der Waals surface area contributed by atoms with Crippen LogP contribution in [0.4, 0.5) is 5.82 Å². The number of hydrogen-bond donors (Lipinski definition) is 1. The number of piperidine rings is 1. The van der Waals surface area contributed by atoms with Crippen molar-refractivity contribution in [1.82, 2.24) is 24.4 Å². The van der Waals surface area contributed by atoms with Crippen molar-refractivity contribution in [3.63, 3.8) is 0 Å². The number of fused-ring (bicyclic) bond motifs is 1. The molecule has 3 aromatic heterocycles. The third kappa shape index (κ3) is 2.86. The number of pyridine rings is 1. The van der Waals surface area contributed by atoms with Gasteiger partial charge >= 0.3 is 0 Å². The monoisotopic (exact) mass is 354 g/mol. The Labute approximate surface area is 150 Å². The fraction of sp³-hybridized carbons (Fsp3) is 0.444. The third-order valence-electron chi connectivity index (χ3n) is 4.87. The van der Waals surface area contributed by atoms with E-state index in [1.54, 1.807) is 29.2 Å². The molecule has 0 radical (unpaired) electrons. The molecule has 1 aliphatic rings. The van der Waals surface area contributed by atoms with E-state index in [4.69, 9.17) is 0 Å². The van der Waals surface area contributed by atoms with Gasteiger partial charge in [0.25, 0.3) is 5.56 Å². The Bertz CT molecular complexity index is 995. The van der Waals surface area contributed by atoms with Gasteiger partial charge in [0.05, 0.1) is 12.7 Å². The molecular weight excluding hydrogens is 332 g/mol. The van der Waals surface area contributed by atoms with Crippen LogP contribution in [0, 0.1) is 0 Å². The Balaban J connectivity index is 1.67. The zero-order chi connectivity index (χ0) is 18.3. The van der Waals surface area contributed by atoms with Crippen LogP contribution in [0.15, 0.2) is 41.5 Å². The molecule has 8 heteroatoms. The molecule has 4 heterocycles. The van der Waals surface area contributed by atoms with Gasteiger partial charge in [-0.25, -0.2) is 9.67 Å². The standard InChI is InChI=1S/C18H22N6O2/c1-13(2)24-11-14(20-21-24)18(26)7-5-8-22(12-18)16-10-17(25)23-9-4-3-6-15(23)19-16/h3-4,6,9-11,13,26H,5,7-8,12H2,1-2H3. The summed E-state index contributed by atoms with van der Waals surface area (Å²) in [5, 5.41) is 19.5. The second kappa shape index (κ2) is 6.21. The summed E-state index contributed by atoms with van der Waals surface area (Å²) in [6.45, 7) is 5.10. The first kappa shape index (κ1) is 16.7. The molecule has 0 saturated carbocycles. The second-order valence-electron chi connectivity index (χ2n) is 7.12. The summed E-state index contributed by atoms with van der Waals surface area (Å²) in [6.07, 6.45) is 4.88. The van der Waals surface area contributed by atoms with Gasteiger partial charge in [0.2, 0.25) is 0 Å². The highest BCUT2D eigenvalue weighted by Crippen LogP contribution is 2.32. The van der Waals surface area contributed by atoms with E-state index >= 15 is 0 Å². The normalized spacial score (nSPS) is 20.8. The highest BCUT2D eigenvalue weighted by atomic mass is 16.3. The van der Waals surface area contributed by atoms with Crippen molar-refractivity contribution in [2.24, 2.45) is 0 Å². The van der Waals surface area contributed by atoms with Crippen molar-refractivity contribution in [3.05, 3.63) is 52.7 Å². The van der Waals surface area contributed by atoms with E-state index in [-0.39, 0.29) is 11.6 Å². The van der Waals surface area contributed by atoms with E-state index in [1.807, 2.05) is 24.8 Å². The van der Waals surface area contributed by atoms with Crippen LogP contribution in [0.3, 0.4) is 0 Å². The Morgan fingerprint density at radius 3 is 2.92 bits per heavy atom. The molecule has 136 valence electrons. The van der Waals surface area contributed by atoms with Gasteiger partial charge in [-0.15, -0.1) is 5.10 Å². The van der Waals surface area contributed by atoms with Crippen LogP contribution in [0.5, 0.6) is 0 Å². The Morgan fingerprint density at radius 1 is 1.31 bits per heavy atom. The molecule has 3 aromatic rings. The summed E-state index contributed by atoms with van der Waals surface area (Å²) in [7, 11) is 0. The molecule has 1 fully saturated rings. The Kier molecular flexibility index (Phi) is 3.99. The molecule has 0 amide bonds. The third-order valence-corrected chi connectivity index (χ3v) is 4.87. The highest BCUT2D eigenvalue weighted by Gasteiger charge is 2.38. The number of hydrogen-bond acceptors (Lipinski definition) is 6. The van der Waals surface area contributed by atoms with E-state index < -0.39 is 5.60 Å². The summed E-state index contributed by atoms with van der Waals surface area (Å²) in [5.74, 6) is 0.579. The van der Waals surface area contributed by atoms with E-state index in [2.05, 4.69) is 15.3 Å². The number of aliphatic hydroxyl groups is 1. The van der Waals surface area contributed by atoms with Gasteiger partial charge in [0.1, 0.15) is 22.8 Å². The number of aromatic nitrogens is 5. The zero-order valence-corrected chi connectivity index (χ0v) is 14.9. The molecule has 0 spiro atoms. The maximum atomic E-state index is 12.4. The number of rotatable bonds is 3. The molecule has 1 saturated heterocycles. The van der Waals surface area contributed by atoms with Crippen molar-refractivity contribution in [2.45, 2.75) is 38.3 Å². The fourth-order valence-corrected chi connectivity index (χ4v) is 3.39. The van der Waals surface area contributed by atoms with Gasteiger partial charge in [-0.2, -0.15) is 0 Å². The van der Waals surface area contributed by atoms with E-state index in [0.717, 1.165) is 13.0 Å². The van der Waals surface area contributed by atoms with Crippen molar-refractivity contribution < 1.29 is 5.11 Å². The van der Waals surface area contributed by atoms with Crippen LogP contribution >= 0.6 is 0 Å². The molecule has 1 N–H and O–H groups in total. The number of nitrogens with zero attached hydrogens (tertiary/aromatic N) is 6. The lowest BCUT2D eigenvalue weighted by Crippen LogP contribution is -2.47. The van der Waals surface area contributed by atoms with E-state index in [1.165, 1.54) is 10.5 Å². The minimum absolute atomic E-state index is 0.134. The molecule has 0 bridgehead atoms. The molecule has 8 nitrogen and oxygen atoms in total. The molecule has 4 rings (SSSR count). The van der Waals surface area contributed by atoms with Crippen LogP contribution < -0.4 is 10.5 Å². The lowest BCUT2D eigenvalue weighted by molar-refractivity contribution is 0.0174. The number of anilines is 1. The lowest BCUT2D eigenvalue weighted by atomic mass is 9.90. The van der Waals surface area contributed by atoms with Gasteiger partial charge in [-0.05, 0) is 38.8 Å². The van der Waals surface area contributed by atoms with Crippen LogP contribution in [0.2, 0.25) is 0 Å². The summed E-state index contributed by atoms with van der Waals surface area (Å²) in [5.41, 5.74) is -0.0803. The zero-order valence-electron chi connectivity index (χ0n) is 14.9. The summed E-state index contributed by atoms with van der Waals surface area (Å²) in [4.78, 5) is 18.9. The van der Waals surface area contributed by atoms with Gasteiger partial charge < -0.3 is 10.0 Å². The first-order chi connectivity index (χ1) is 12.5. The largest absolute Gasteiger partial charge is 0.382 e. The van der Waals surface area contributed by atoms with Crippen molar-refractivity contribution in [1.29, 1.82) is 0 Å². The predicted molar refractivity (Wildman–Crippen MR) is 97.2 cm³/mol. The van der Waals surface area contributed by atoms with Gasteiger partial charge in [-0.3, -0.25) is 9.20 Å². The van der Waals surface area contributed by atoms with Crippen LogP contribution in [0.25, 0.3) is 5.65 Å². The predicted octanol–water partition coefficient (Wildman–Crippen LogP) is 1.35. The second-order valence-corrected chi connectivity index (χ2v) is 7.12. The van der Waals surface area contributed by atoms with Crippen molar-refractivity contribution >= 4 is 11.5 Å². The summed E-state index contributed by atoms with van der Waals surface area (Å²) in [6, 6.07) is 7.15. The van der Waals surface area contributed by atoms with Crippen LogP contribution in [-0.4, -0.2) is 42.6 Å². The quantitative estimate of drug-likeness (QED) is 0.764. The average Bonchev–Trinajstić information content (AvgIpc) is 3.13. The Morgan fingerprint density at radius 2 is 2.15 bits per heavy atom. The van der Waals surface area contributed by atoms with Gasteiger partial charge in [0.15, 0.2) is 0 Å². The molecule has 1 aliphatic heterocycles. The first-order valence-electron chi connectivity index (χ1n) is 8.84. The van der Waals surface area contributed by atoms with Crippen molar-refractivity contribution in [2.75, 3.05) is 18.0 Å². The maximum absolute atomic E-state index is 12.4. The first-order valence-corrected chi connectivity index (χ1v) is 8.84. The SMILES string of the molecule is CC(C)n1cc(C2(O)CCCN(c3cc(=O)n4ccccc4n3)C2)nn1. The van der Waals surface area contributed by atoms with Gasteiger partial charge in [-0.1, -0.05) is 11.3 Å². The molecule has 0 aromatic carbocycles.